The third kappa shape index (κ3) is 9.50. The summed E-state index contributed by atoms with van der Waals surface area (Å²) < 4.78 is 5.28. The van der Waals surface area contributed by atoms with Crippen LogP contribution in [0.4, 0.5) is 0 Å². The normalized spacial score (nSPS) is 12.6. The van der Waals surface area contributed by atoms with E-state index in [4.69, 9.17) is 4.74 Å². The lowest BCUT2D eigenvalue weighted by Crippen LogP contribution is -2.16. The molecule has 0 aromatic rings. The molecule has 0 amide bonds. The van der Waals surface area contributed by atoms with Gasteiger partial charge in [0.25, 0.3) is 0 Å². The number of rotatable bonds is 9. The minimum absolute atomic E-state index is 0.106. The summed E-state index contributed by atoms with van der Waals surface area (Å²) in [5.74, 6) is -0.164. The highest BCUT2D eigenvalue weighted by Crippen LogP contribution is 2.13. The largest absolute Gasteiger partial charge is 0.463 e. The quantitative estimate of drug-likeness (QED) is 0.336. The third-order valence-corrected chi connectivity index (χ3v) is 2.38. The van der Waals surface area contributed by atoms with E-state index in [-0.39, 0.29) is 12.1 Å². The van der Waals surface area contributed by atoms with E-state index >= 15 is 0 Å². The fourth-order valence-electron chi connectivity index (χ4n) is 1.58. The highest BCUT2D eigenvalue weighted by Gasteiger charge is 2.10. The van der Waals surface area contributed by atoms with E-state index in [0.29, 0.717) is 0 Å². The van der Waals surface area contributed by atoms with Crippen molar-refractivity contribution in [2.45, 2.75) is 58.5 Å². The second-order valence-corrected chi connectivity index (χ2v) is 3.97. The molecule has 92 valence electrons. The Bertz CT molecular complexity index is 219. The van der Waals surface area contributed by atoms with Gasteiger partial charge in [-0.05, 0) is 25.7 Å². The summed E-state index contributed by atoms with van der Waals surface area (Å²) in [6.45, 7) is 7.25. The van der Waals surface area contributed by atoms with Crippen LogP contribution in [0.3, 0.4) is 0 Å². The molecule has 0 radical (unpaired) electrons. The van der Waals surface area contributed by atoms with E-state index in [0.717, 1.165) is 38.5 Å². The summed E-state index contributed by atoms with van der Waals surface area (Å²) in [6.07, 6.45) is 12.2. The molecule has 0 aromatic carbocycles. The molecule has 0 rings (SSSR count). The summed E-state index contributed by atoms with van der Waals surface area (Å²) in [6, 6.07) is 0. The van der Waals surface area contributed by atoms with Gasteiger partial charge in [0.05, 0.1) is 0 Å². The molecule has 0 aliphatic heterocycles. The second-order valence-electron chi connectivity index (χ2n) is 3.97. The van der Waals surface area contributed by atoms with Crippen LogP contribution in [-0.2, 0) is 9.53 Å². The monoisotopic (exact) mass is 224 g/mol. The smallest absolute Gasteiger partial charge is 0.302 e. The maximum absolute atomic E-state index is 10.9. The number of carbonyl (C=O) groups is 1. The second kappa shape index (κ2) is 10.5. The molecule has 0 bridgehead atoms. The molecular weight excluding hydrogens is 200 g/mol. The lowest BCUT2D eigenvalue weighted by atomic mass is 10.1. The maximum atomic E-state index is 10.9. The fraction of sp³-hybridized carbons (Fsp3) is 0.643. The molecule has 0 heterocycles. The Morgan fingerprint density at radius 2 is 2.06 bits per heavy atom. The Kier molecular flexibility index (Phi) is 9.78. The van der Waals surface area contributed by atoms with E-state index in [1.807, 2.05) is 6.08 Å². The average molecular weight is 224 g/mol. The van der Waals surface area contributed by atoms with Gasteiger partial charge in [0.1, 0.15) is 6.10 Å². The van der Waals surface area contributed by atoms with Gasteiger partial charge in [0.2, 0.25) is 0 Å². The molecule has 1 unspecified atom stereocenters. The van der Waals surface area contributed by atoms with Crippen LogP contribution >= 0.6 is 0 Å². The first-order chi connectivity index (χ1) is 7.70. The number of allylic oxidation sites excluding steroid dienone is 3. The highest BCUT2D eigenvalue weighted by atomic mass is 16.5. The van der Waals surface area contributed by atoms with Crippen molar-refractivity contribution in [3.05, 3.63) is 24.8 Å². The summed E-state index contributed by atoms with van der Waals surface area (Å²) in [7, 11) is 0. The molecule has 0 saturated heterocycles. The standard InChI is InChI=1S/C14H24O2/c1-4-6-8-9-10-12-14(11-7-5-2)16-13(3)15/h4,6,8,14H,1,5,7,9-12H2,2-3H3. The predicted molar refractivity (Wildman–Crippen MR) is 68.3 cm³/mol. The minimum atomic E-state index is -0.164. The van der Waals surface area contributed by atoms with Crippen LogP contribution in [0.25, 0.3) is 0 Å². The Labute approximate surface area is 99.4 Å². The molecule has 0 spiro atoms. The van der Waals surface area contributed by atoms with Crippen molar-refractivity contribution in [2.75, 3.05) is 0 Å². The van der Waals surface area contributed by atoms with Gasteiger partial charge in [-0.2, -0.15) is 0 Å². The zero-order valence-corrected chi connectivity index (χ0v) is 10.6. The molecule has 2 heteroatoms. The third-order valence-electron chi connectivity index (χ3n) is 2.38. The number of unbranched alkanes of at least 4 members (excludes halogenated alkanes) is 2. The first-order valence-corrected chi connectivity index (χ1v) is 6.15. The van der Waals surface area contributed by atoms with Crippen molar-refractivity contribution in [3.63, 3.8) is 0 Å². The van der Waals surface area contributed by atoms with Crippen molar-refractivity contribution in [1.82, 2.24) is 0 Å². The van der Waals surface area contributed by atoms with Crippen LogP contribution in [0, 0.1) is 0 Å². The topological polar surface area (TPSA) is 26.3 Å². The van der Waals surface area contributed by atoms with Gasteiger partial charge in [0, 0.05) is 6.92 Å². The van der Waals surface area contributed by atoms with Crippen LogP contribution in [0.1, 0.15) is 52.4 Å². The molecule has 1 atom stereocenters. The molecule has 0 saturated carbocycles. The molecule has 0 aromatic heterocycles. The SMILES string of the molecule is C=CC=CCCCC(CCCC)OC(C)=O. The average Bonchev–Trinajstić information content (AvgIpc) is 2.24. The van der Waals surface area contributed by atoms with Crippen molar-refractivity contribution in [2.24, 2.45) is 0 Å². The lowest BCUT2D eigenvalue weighted by Gasteiger charge is -2.16. The minimum Gasteiger partial charge on any atom is -0.463 e. The number of hydrogen-bond acceptors (Lipinski definition) is 2. The van der Waals surface area contributed by atoms with E-state index in [2.05, 4.69) is 19.6 Å². The molecule has 0 aliphatic carbocycles. The van der Waals surface area contributed by atoms with Crippen molar-refractivity contribution in [3.8, 4) is 0 Å². The van der Waals surface area contributed by atoms with Gasteiger partial charge in [-0.1, -0.05) is 44.6 Å². The first-order valence-electron chi connectivity index (χ1n) is 6.15. The first kappa shape index (κ1) is 14.9. The number of hydrogen-bond donors (Lipinski definition) is 0. The van der Waals surface area contributed by atoms with Gasteiger partial charge in [0.15, 0.2) is 0 Å². The summed E-state index contributed by atoms with van der Waals surface area (Å²) in [5, 5.41) is 0. The number of esters is 1. The Hall–Kier alpha value is -1.05. The summed E-state index contributed by atoms with van der Waals surface area (Å²) in [4.78, 5) is 10.9. The van der Waals surface area contributed by atoms with Gasteiger partial charge >= 0.3 is 5.97 Å². The van der Waals surface area contributed by atoms with Gasteiger partial charge in [-0.25, -0.2) is 0 Å². The number of ether oxygens (including phenoxy) is 1. The van der Waals surface area contributed by atoms with Crippen LogP contribution in [0.15, 0.2) is 24.8 Å². The summed E-state index contributed by atoms with van der Waals surface area (Å²) >= 11 is 0. The van der Waals surface area contributed by atoms with E-state index < -0.39 is 0 Å². The fourth-order valence-corrected chi connectivity index (χ4v) is 1.58. The van der Waals surface area contributed by atoms with Crippen molar-refractivity contribution >= 4 is 5.97 Å². The molecule has 0 fully saturated rings. The van der Waals surface area contributed by atoms with Crippen molar-refractivity contribution in [1.29, 1.82) is 0 Å². The lowest BCUT2D eigenvalue weighted by molar-refractivity contribution is -0.147. The molecular formula is C14H24O2. The van der Waals surface area contributed by atoms with E-state index in [9.17, 15) is 4.79 Å². The zero-order chi connectivity index (χ0) is 12.2. The highest BCUT2D eigenvalue weighted by molar-refractivity contribution is 5.66. The van der Waals surface area contributed by atoms with Crippen LogP contribution < -0.4 is 0 Å². The Morgan fingerprint density at radius 3 is 2.62 bits per heavy atom. The van der Waals surface area contributed by atoms with Gasteiger partial charge in [-0.15, -0.1) is 0 Å². The molecule has 2 nitrogen and oxygen atoms in total. The van der Waals surface area contributed by atoms with Crippen LogP contribution in [-0.4, -0.2) is 12.1 Å². The van der Waals surface area contributed by atoms with Crippen molar-refractivity contribution < 1.29 is 9.53 Å². The van der Waals surface area contributed by atoms with E-state index in [1.165, 1.54) is 6.92 Å². The summed E-state index contributed by atoms with van der Waals surface area (Å²) in [5.41, 5.74) is 0. The molecule has 16 heavy (non-hydrogen) atoms. The van der Waals surface area contributed by atoms with Crippen LogP contribution in [0.5, 0.6) is 0 Å². The van der Waals surface area contributed by atoms with E-state index in [1.54, 1.807) is 6.08 Å². The van der Waals surface area contributed by atoms with Gasteiger partial charge < -0.3 is 4.74 Å². The predicted octanol–water partition coefficient (Wildman–Crippen LogP) is 4.02. The Balaban J connectivity index is 3.76. The Morgan fingerprint density at radius 1 is 1.38 bits per heavy atom. The zero-order valence-electron chi connectivity index (χ0n) is 10.6. The van der Waals surface area contributed by atoms with Gasteiger partial charge in [-0.3, -0.25) is 4.79 Å². The molecule has 0 N–H and O–H groups in total. The maximum Gasteiger partial charge on any atom is 0.302 e. The van der Waals surface area contributed by atoms with Crippen LogP contribution in [0.2, 0.25) is 0 Å². The molecule has 0 aliphatic rings. The number of carbonyl (C=O) groups excluding carboxylic acids is 1.